The molecule has 0 saturated carbocycles. The summed E-state index contributed by atoms with van der Waals surface area (Å²) in [5.74, 6) is -1.51. The maximum Gasteiger partial charge on any atom is 0.197 e. The van der Waals surface area contributed by atoms with Gasteiger partial charge in [-0.25, -0.2) is 0 Å². The summed E-state index contributed by atoms with van der Waals surface area (Å²) in [5, 5.41) is 33.2. The van der Waals surface area contributed by atoms with Gasteiger partial charge in [0.15, 0.2) is 5.79 Å². The van der Waals surface area contributed by atoms with Gasteiger partial charge in [0, 0.05) is 31.3 Å². The fourth-order valence-electron chi connectivity index (χ4n) is 6.04. The molecule has 2 aliphatic rings. The van der Waals surface area contributed by atoms with E-state index < -0.39 is 24.1 Å². The summed E-state index contributed by atoms with van der Waals surface area (Å²) in [5.41, 5.74) is 1.94. The van der Waals surface area contributed by atoms with Crippen molar-refractivity contribution < 1.29 is 29.5 Å². The lowest BCUT2D eigenvalue weighted by molar-refractivity contribution is -0.390. The van der Waals surface area contributed by atoms with E-state index in [2.05, 4.69) is 33.4 Å². The highest BCUT2D eigenvalue weighted by atomic mass is 16.7. The number of allylic oxidation sites excluding steroid dienone is 2. The summed E-state index contributed by atoms with van der Waals surface area (Å²) in [4.78, 5) is 0. The third-order valence-electron chi connectivity index (χ3n) is 8.53. The van der Waals surface area contributed by atoms with Crippen molar-refractivity contribution in [3.63, 3.8) is 0 Å². The molecule has 34 heavy (non-hydrogen) atoms. The zero-order valence-corrected chi connectivity index (χ0v) is 22.8. The van der Waals surface area contributed by atoms with E-state index in [-0.39, 0.29) is 47.9 Å². The van der Waals surface area contributed by atoms with Crippen LogP contribution in [-0.2, 0) is 14.2 Å². The van der Waals surface area contributed by atoms with Crippen LogP contribution in [0, 0.1) is 29.6 Å². The molecule has 2 rings (SSSR count). The van der Waals surface area contributed by atoms with Crippen molar-refractivity contribution in [2.75, 3.05) is 7.11 Å². The first-order valence-electron chi connectivity index (χ1n) is 13.0. The van der Waals surface area contributed by atoms with Crippen molar-refractivity contribution in [3.05, 3.63) is 23.8 Å². The lowest BCUT2D eigenvalue weighted by Crippen LogP contribution is -2.65. The Kier molecular flexibility index (Phi) is 10.4. The fraction of sp³-hybridized carbons (Fsp3) is 0.857. The zero-order chi connectivity index (χ0) is 26.0. The molecular formula is C28H50O6. The van der Waals surface area contributed by atoms with E-state index in [0.29, 0.717) is 18.4 Å². The molecule has 0 unspecified atom stereocenters. The lowest BCUT2D eigenvalue weighted by atomic mass is 9.74. The van der Waals surface area contributed by atoms with Crippen molar-refractivity contribution in [1.29, 1.82) is 0 Å². The van der Waals surface area contributed by atoms with Crippen LogP contribution in [0.15, 0.2) is 23.8 Å². The van der Waals surface area contributed by atoms with Gasteiger partial charge in [-0.3, -0.25) is 0 Å². The Bertz CT molecular complexity index is 707. The molecule has 0 amide bonds. The molecule has 0 aromatic rings. The minimum absolute atomic E-state index is 0.0160. The lowest BCUT2D eigenvalue weighted by Gasteiger charge is -2.56. The summed E-state index contributed by atoms with van der Waals surface area (Å²) in [6.07, 6.45) is 0.849. The molecule has 2 heterocycles. The minimum atomic E-state index is -1.24. The highest BCUT2D eigenvalue weighted by Gasteiger charge is 2.57. The quantitative estimate of drug-likeness (QED) is 0.420. The Morgan fingerprint density at radius 2 is 1.71 bits per heavy atom. The summed E-state index contributed by atoms with van der Waals surface area (Å²) >= 11 is 0. The number of rotatable bonds is 9. The van der Waals surface area contributed by atoms with Crippen LogP contribution in [0.25, 0.3) is 0 Å². The van der Waals surface area contributed by atoms with Gasteiger partial charge in [0.05, 0.1) is 30.5 Å². The first-order chi connectivity index (χ1) is 15.8. The van der Waals surface area contributed by atoms with E-state index in [1.54, 1.807) is 7.11 Å². The van der Waals surface area contributed by atoms with E-state index >= 15 is 0 Å². The first-order valence-corrected chi connectivity index (χ1v) is 13.0. The van der Waals surface area contributed by atoms with Crippen LogP contribution in [0.4, 0.5) is 0 Å². The molecular weight excluding hydrogens is 432 g/mol. The van der Waals surface area contributed by atoms with Crippen molar-refractivity contribution >= 4 is 0 Å². The van der Waals surface area contributed by atoms with Gasteiger partial charge in [-0.05, 0) is 45.4 Å². The van der Waals surface area contributed by atoms with E-state index in [0.717, 1.165) is 6.42 Å². The number of ether oxygens (including phenoxy) is 3. The van der Waals surface area contributed by atoms with Gasteiger partial charge in [0.1, 0.15) is 6.10 Å². The van der Waals surface area contributed by atoms with Gasteiger partial charge in [-0.15, -0.1) is 0 Å². The Hall–Kier alpha value is -0.760. The molecule has 0 radical (unpaired) electrons. The highest BCUT2D eigenvalue weighted by molar-refractivity contribution is 5.05. The predicted octanol–water partition coefficient (Wildman–Crippen LogP) is 4.47. The Morgan fingerprint density at radius 3 is 2.24 bits per heavy atom. The molecule has 0 aromatic carbocycles. The molecule has 2 fully saturated rings. The van der Waals surface area contributed by atoms with E-state index in [9.17, 15) is 15.3 Å². The third-order valence-corrected chi connectivity index (χ3v) is 8.53. The Balaban J connectivity index is 2.34. The zero-order valence-electron chi connectivity index (χ0n) is 22.8. The second-order valence-electron chi connectivity index (χ2n) is 11.4. The van der Waals surface area contributed by atoms with Crippen molar-refractivity contribution in [1.82, 2.24) is 0 Å². The average molecular weight is 483 g/mol. The van der Waals surface area contributed by atoms with Crippen LogP contribution < -0.4 is 0 Å². The molecule has 0 aliphatic carbocycles. The standard InChI is InChI=1S/C28H50O6/c1-11-16(4)12-17(5)25(31)21(9)27-19(7)22(32-10)14-28(34-27)23(29)13-18(6)26(33-28)20(8)24(30)15(2)3/h11,17-27,29-31H,2,12-14H2,1,3-10H3/b16-11+/t17-,18-,19+,20-,21+,22-,23-,24-,25-,26-,27-,28+/m0/s1. The van der Waals surface area contributed by atoms with Gasteiger partial charge in [0.2, 0.25) is 0 Å². The van der Waals surface area contributed by atoms with Gasteiger partial charge < -0.3 is 29.5 Å². The Labute approximate surface area is 207 Å². The van der Waals surface area contributed by atoms with Crippen molar-refractivity contribution in [2.24, 2.45) is 29.6 Å². The van der Waals surface area contributed by atoms with E-state index in [1.165, 1.54) is 5.57 Å². The summed E-state index contributed by atoms with van der Waals surface area (Å²) < 4.78 is 19.2. The summed E-state index contributed by atoms with van der Waals surface area (Å²) in [6, 6.07) is 0. The van der Waals surface area contributed by atoms with Gasteiger partial charge >= 0.3 is 0 Å². The third kappa shape index (κ3) is 6.13. The summed E-state index contributed by atoms with van der Waals surface area (Å²) in [6.45, 7) is 20.0. The maximum absolute atomic E-state index is 11.2. The van der Waals surface area contributed by atoms with Crippen LogP contribution in [0.3, 0.4) is 0 Å². The minimum Gasteiger partial charge on any atom is -0.392 e. The molecule has 2 aliphatic heterocycles. The molecule has 1 spiro atoms. The maximum atomic E-state index is 11.2. The van der Waals surface area contributed by atoms with Crippen LogP contribution in [0.1, 0.15) is 74.7 Å². The van der Waals surface area contributed by atoms with Crippen LogP contribution in [0.5, 0.6) is 0 Å². The predicted molar refractivity (Wildman–Crippen MR) is 135 cm³/mol. The van der Waals surface area contributed by atoms with E-state index in [4.69, 9.17) is 14.2 Å². The van der Waals surface area contributed by atoms with Gasteiger partial charge in [-0.1, -0.05) is 58.4 Å². The molecule has 3 N–H and O–H groups in total. The largest absolute Gasteiger partial charge is 0.392 e. The number of aliphatic hydroxyl groups is 3. The van der Waals surface area contributed by atoms with Gasteiger partial charge in [-0.2, -0.15) is 0 Å². The van der Waals surface area contributed by atoms with Crippen molar-refractivity contribution in [2.45, 2.75) is 117 Å². The number of hydrogen-bond acceptors (Lipinski definition) is 6. The molecule has 12 atom stereocenters. The number of methoxy groups -OCH3 is 1. The van der Waals surface area contributed by atoms with Crippen LogP contribution in [0.2, 0.25) is 0 Å². The second-order valence-corrected chi connectivity index (χ2v) is 11.4. The monoisotopic (exact) mass is 482 g/mol. The van der Waals surface area contributed by atoms with Crippen LogP contribution in [-0.4, -0.2) is 64.8 Å². The smallest absolute Gasteiger partial charge is 0.197 e. The molecule has 6 nitrogen and oxygen atoms in total. The molecule has 0 bridgehead atoms. The average Bonchev–Trinajstić information content (AvgIpc) is 2.80. The van der Waals surface area contributed by atoms with E-state index in [1.807, 2.05) is 34.6 Å². The fourth-order valence-corrected chi connectivity index (χ4v) is 6.04. The highest BCUT2D eigenvalue weighted by Crippen LogP contribution is 2.47. The Morgan fingerprint density at radius 1 is 1.12 bits per heavy atom. The number of hydrogen-bond donors (Lipinski definition) is 3. The summed E-state index contributed by atoms with van der Waals surface area (Å²) in [7, 11) is 1.68. The van der Waals surface area contributed by atoms with Gasteiger partial charge in [0.25, 0.3) is 0 Å². The molecule has 198 valence electrons. The first kappa shape index (κ1) is 29.5. The molecule has 6 heteroatoms. The molecule has 0 aromatic heterocycles. The number of aliphatic hydroxyl groups excluding tert-OH is 3. The van der Waals surface area contributed by atoms with Crippen molar-refractivity contribution in [3.8, 4) is 0 Å². The topological polar surface area (TPSA) is 88.4 Å². The normalized spacial score (nSPS) is 39.4. The molecule has 2 saturated heterocycles. The SMILES string of the molecule is C=C(C)[C@H](O)[C@H](C)[C@H]1O[C@@]2(C[C@H](OC)[C@@H](C)[C@@H]([C@H](C)[C@@H](O)[C@@H](C)C/C(C)=C/C)O2)[C@@H](O)C[C@@H]1C. The second kappa shape index (κ2) is 12.0. The van der Waals surface area contributed by atoms with Crippen LogP contribution >= 0.6 is 0 Å².